The van der Waals surface area contributed by atoms with E-state index in [1.54, 1.807) is 24.3 Å². The molecule has 3 rings (SSSR count). The van der Waals surface area contributed by atoms with Crippen molar-refractivity contribution in [3.8, 4) is 6.01 Å². The van der Waals surface area contributed by atoms with Gasteiger partial charge in [0.05, 0.1) is 12.3 Å². The molecule has 1 heterocycles. The summed E-state index contributed by atoms with van der Waals surface area (Å²) in [5.74, 6) is 0.932. The largest absolute Gasteiger partial charge is 0.464 e. The van der Waals surface area contributed by atoms with Crippen LogP contribution in [-0.2, 0) is 0 Å². The van der Waals surface area contributed by atoms with Crippen LogP contribution in [0.25, 0.3) is 0 Å². The van der Waals surface area contributed by atoms with E-state index in [2.05, 4.69) is 15.0 Å². The minimum absolute atomic E-state index is 0.0686. The van der Waals surface area contributed by atoms with Crippen LogP contribution in [0.3, 0.4) is 0 Å². The highest BCUT2D eigenvalue weighted by atomic mass is 16.5. The lowest BCUT2D eigenvalue weighted by Crippen LogP contribution is -2.26. The number of aromatic nitrogens is 3. The monoisotopic (exact) mass is 300 g/mol. The minimum Gasteiger partial charge on any atom is -0.464 e. The van der Waals surface area contributed by atoms with Crippen molar-refractivity contribution >= 4 is 17.7 Å². The Bertz CT molecular complexity index is 674. The fraction of sp³-hybridized carbons (Fsp3) is 0.333. The van der Waals surface area contributed by atoms with Gasteiger partial charge in [0.2, 0.25) is 5.95 Å². The van der Waals surface area contributed by atoms with E-state index in [9.17, 15) is 9.90 Å². The quantitative estimate of drug-likeness (QED) is 0.913. The van der Waals surface area contributed by atoms with Crippen LogP contribution in [0.2, 0.25) is 0 Å². The van der Waals surface area contributed by atoms with Gasteiger partial charge in [-0.1, -0.05) is 18.2 Å². The van der Waals surface area contributed by atoms with Crippen LogP contribution in [0.5, 0.6) is 6.01 Å². The molecule has 1 aromatic heterocycles. The number of carboxylic acid groups (broad SMARTS) is 1. The predicted molar refractivity (Wildman–Crippen MR) is 79.6 cm³/mol. The van der Waals surface area contributed by atoms with Crippen molar-refractivity contribution in [2.24, 2.45) is 0 Å². The van der Waals surface area contributed by atoms with Gasteiger partial charge in [0, 0.05) is 5.92 Å². The van der Waals surface area contributed by atoms with Gasteiger partial charge in [0.15, 0.2) is 0 Å². The lowest BCUT2D eigenvalue weighted by atomic mass is 10.3. The zero-order chi connectivity index (χ0) is 15.5. The standard InChI is InChI=1S/C15H16N4O3/c1-2-22-14-17-12(10-8-9-10)16-13(18-14)19(15(20)21)11-6-4-3-5-7-11/h3-7,10H,2,8-9H2,1H3,(H,20,21). The molecule has 0 bridgehead atoms. The molecule has 2 aromatic rings. The Hall–Kier alpha value is -2.70. The van der Waals surface area contributed by atoms with Crippen molar-refractivity contribution in [2.75, 3.05) is 11.5 Å². The zero-order valence-corrected chi connectivity index (χ0v) is 12.1. The molecule has 1 aliphatic carbocycles. The molecular weight excluding hydrogens is 284 g/mol. The highest BCUT2D eigenvalue weighted by Gasteiger charge is 2.30. The number of hydrogen-bond acceptors (Lipinski definition) is 5. The Balaban J connectivity index is 2.05. The van der Waals surface area contributed by atoms with Crippen molar-refractivity contribution in [1.29, 1.82) is 0 Å². The normalized spacial score (nSPS) is 13.7. The van der Waals surface area contributed by atoms with Crippen LogP contribution in [0.15, 0.2) is 30.3 Å². The lowest BCUT2D eigenvalue weighted by molar-refractivity contribution is 0.204. The molecule has 1 aromatic carbocycles. The summed E-state index contributed by atoms with van der Waals surface area (Å²) >= 11 is 0. The molecule has 0 saturated heterocycles. The molecule has 1 N–H and O–H groups in total. The smallest absolute Gasteiger partial charge is 0.418 e. The third kappa shape index (κ3) is 2.98. The van der Waals surface area contributed by atoms with Crippen LogP contribution in [0, 0.1) is 0 Å². The van der Waals surface area contributed by atoms with Crippen molar-refractivity contribution in [1.82, 2.24) is 15.0 Å². The minimum atomic E-state index is -1.15. The van der Waals surface area contributed by atoms with Crippen LogP contribution in [0.1, 0.15) is 31.5 Å². The first-order valence-corrected chi connectivity index (χ1v) is 7.16. The maximum atomic E-state index is 11.7. The van der Waals surface area contributed by atoms with Gasteiger partial charge in [-0.3, -0.25) is 0 Å². The fourth-order valence-electron chi connectivity index (χ4n) is 2.07. The van der Waals surface area contributed by atoms with Gasteiger partial charge >= 0.3 is 12.1 Å². The number of anilines is 2. The molecule has 1 fully saturated rings. The summed E-state index contributed by atoms with van der Waals surface area (Å²) in [5, 5.41) is 9.53. The molecule has 22 heavy (non-hydrogen) atoms. The first kappa shape index (κ1) is 14.2. The maximum absolute atomic E-state index is 11.7. The van der Waals surface area contributed by atoms with Gasteiger partial charge in [0.25, 0.3) is 0 Å². The summed E-state index contributed by atoms with van der Waals surface area (Å²) in [6.07, 6.45) is 0.863. The van der Waals surface area contributed by atoms with E-state index in [0.717, 1.165) is 17.7 Å². The molecule has 0 aliphatic heterocycles. The van der Waals surface area contributed by atoms with Gasteiger partial charge in [-0.2, -0.15) is 15.0 Å². The summed E-state index contributed by atoms with van der Waals surface area (Å²) in [6, 6.07) is 8.88. The van der Waals surface area contributed by atoms with Gasteiger partial charge in [-0.15, -0.1) is 0 Å². The number of benzene rings is 1. The third-order valence-electron chi connectivity index (χ3n) is 3.24. The molecule has 0 unspecified atom stereocenters. The van der Waals surface area contributed by atoms with Crippen molar-refractivity contribution in [3.05, 3.63) is 36.2 Å². The van der Waals surface area contributed by atoms with E-state index >= 15 is 0 Å². The van der Waals surface area contributed by atoms with Crippen molar-refractivity contribution in [3.63, 3.8) is 0 Å². The maximum Gasteiger partial charge on any atom is 0.418 e. The first-order chi connectivity index (χ1) is 10.7. The van der Waals surface area contributed by atoms with Crippen molar-refractivity contribution < 1.29 is 14.6 Å². The van der Waals surface area contributed by atoms with Crippen molar-refractivity contribution in [2.45, 2.75) is 25.7 Å². The SMILES string of the molecule is CCOc1nc(C2CC2)nc(N(C(=O)O)c2ccccc2)n1. The summed E-state index contributed by atoms with van der Waals surface area (Å²) in [6.45, 7) is 2.23. The summed E-state index contributed by atoms with van der Waals surface area (Å²) < 4.78 is 5.35. The summed E-state index contributed by atoms with van der Waals surface area (Å²) in [5.41, 5.74) is 0.477. The highest BCUT2D eigenvalue weighted by molar-refractivity contribution is 5.92. The number of amides is 1. The molecule has 1 saturated carbocycles. The van der Waals surface area contributed by atoms with Gasteiger partial charge < -0.3 is 9.84 Å². The van der Waals surface area contributed by atoms with Gasteiger partial charge in [0.1, 0.15) is 5.82 Å². The Morgan fingerprint density at radius 3 is 2.59 bits per heavy atom. The summed E-state index contributed by atoms with van der Waals surface area (Å²) in [4.78, 5) is 25.4. The lowest BCUT2D eigenvalue weighted by Gasteiger charge is -2.18. The molecule has 1 aliphatic rings. The third-order valence-corrected chi connectivity index (χ3v) is 3.24. The molecule has 7 nitrogen and oxygen atoms in total. The second-order valence-electron chi connectivity index (χ2n) is 4.94. The van der Waals surface area contributed by atoms with E-state index in [0.29, 0.717) is 18.1 Å². The van der Waals surface area contributed by atoms with E-state index in [1.165, 1.54) is 0 Å². The summed E-state index contributed by atoms with van der Waals surface area (Å²) in [7, 11) is 0. The van der Waals surface area contributed by atoms with E-state index in [1.807, 2.05) is 13.0 Å². The van der Waals surface area contributed by atoms with E-state index in [-0.39, 0.29) is 17.9 Å². The Labute approximate surface area is 127 Å². The molecule has 0 atom stereocenters. The second kappa shape index (κ2) is 5.97. The number of nitrogens with zero attached hydrogens (tertiary/aromatic N) is 4. The molecular formula is C15H16N4O3. The average molecular weight is 300 g/mol. The Kier molecular flexibility index (Phi) is 3.86. The number of rotatable bonds is 5. The number of carbonyl (C=O) groups is 1. The first-order valence-electron chi connectivity index (χ1n) is 7.16. The zero-order valence-electron chi connectivity index (χ0n) is 12.1. The van der Waals surface area contributed by atoms with E-state index in [4.69, 9.17) is 4.74 Å². The van der Waals surface area contributed by atoms with Crippen LogP contribution < -0.4 is 9.64 Å². The van der Waals surface area contributed by atoms with Crippen LogP contribution in [-0.4, -0.2) is 32.8 Å². The number of para-hydroxylation sites is 1. The molecule has 1 amide bonds. The Morgan fingerprint density at radius 2 is 2.00 bits per heavy atom. The molecule has 114 valence electrons. The predicted octanol–water partition coefficient (Wildman–Crippen LogP) is 2.96. The fourth-order valence-corrected chi connectivity index (χ4v) is 2.07. The average Bonchev–Trinajstić information content (AvgIpc) is 3.33. The number of hydrogen-bond donors (Lipinski definition) is 1. The Morgan fingerprint density at radius 1 is 1.27 bits per heavy atom. The highest BCUT2D eigenvalue weighted by Crippen LogP contribution is 2.39. The topological polar surface area (TPSA) is 88.4 Å². The van der Waals surface area contributed by atoms with Gasteiger partial charge in [-0.05, 0) is 31.9 Å². The molecule has 7 heteroatoms. The van der Waals surface area contributed by atoms with Crippen LogP contribution >= 0.6 is 0 Å². The van der Waals surface area contributed by atoms with Gasteiger partial charge in [-0.25, -0.2) is 9.69 Å². The van der Waals surface area contributed by atoms with E-state index < -0.39 is 6.09 Å². The molecule has 0 spiro atoms. The van der Waals surface area contributed by atoms with Crippen LogP contribution in [0.4, 0.5) is 16.4 Å². The number of ether oxygens (including phenoxy) is 1. The second-order valence-corrected chi connectivity index (χ2v) is 4.94. The molecule has 0 radical (unpaired) electrons.